The average molecular weight is 294 g/mol. The molecule has 1 atom stereocenters. The van der Waals surface area contributed by atoms with Gasteiger partial charge in [-0.25, -0.2) is 0 Å². The van der Waals surface area contributed by atoms with E-state index in [2.05, 4.69) is 10.5 Å². The van der Waals surface area contributed by atoms with Crippen LogP contribution in [0.3, 0.4) is 0 Å². The van der Waals surface area contributed by atoms with E-state index < -0.39 is 0 Å². The second-order valence-electron chi connectivity index (χ2n) is 6.11. The van der Waals surface area contributed by atoms with Crippen molar-refractivity contribution in [3.8, 4) is 0 Å². The monoisotopic (exact) mass is 294 g/mol. The van der Waals surface area contributed by atoms with Crippen molar-refractivity contribution >= 4 is 11.5 Å². The van der Waals surface area contributed by atoms with E-state index in [4.69, 9.17) is 4.52 Å². The molecule has 1 N–H and O–H groups in total. The van der Waals surface area contributed by atoms with E-state index >= 15 is 0 Å². The number of rotatable bonds is 5. The van der Waals surface area contributed by atoms with Gasteiger partial charge in [0.15, 0.2) is 0 Å². The summed E-state index contributed by atoms with van der Waals surface area (Å²) in [5, 5.41) is 6.98. The van der Waals surface area contributed by atoms with Crippen molar-refractivity contribution in [2.45, 2.75) is 32.2 Å². The smallest absolute Gasteiger partial charge is 0.232 e. The molecule has 1 saturated carbocycles. The highest BCUT2D eigenvalue weighted by Gasteiger charge is 2.39. The molecule has 2 aromatic rings. The van der Waals surface area contributed by atoms with Gasteiger partial charge in [0.2, 0.25) is 5.91 Å². The maximum atomic E-state index is 12.3. The highest BCUT2D eigenvalue weighted by atomic mass is 16.5. The molecule has 4 heteroatoms. The molecule has 1 aromatic carbocycles. The minimum Gasteiger partial charge on any atom is -0.361 e. The van der Waals surface area contributed by atoms with Crippen LogP contribution < -0.4 is 5.32 Å². The molecule has 1 fully saturated rings. The van der Waals surface area contributed by atoms with Gasteiger partial charge in [0.05, 0.1) is 12.5 Å². The van der Waals surface area contributed by atoms with Crippen molar-refractivity contribution in [2.24, 2.45) is 5.92 Å². The van der Waals surface area contributed by atoms with Gasteiger partial charge in [0.25, 0.3) is 0 Å². The van der Waals surface area contributed by atoms with Crippen LogP contribution in [-0.2, 0) is 11.3 Å². The maximum Gasteiger partial charge on any atom is 0.232 e. The lowest BCUT2D eigenvalue weighted by Gasteiger charge is -2.03. The van der Waals surface area contributed by atoms with Crippen LogP contribution in [0.5, 0.6) is 0 Å². The van der Waals surface area contributed by atoms with E-state index in [1.54, 1.807) is 0 Å². The first-order valence-corrected chi connectivity index (χ1v) is 7.73. The Balaban J connectivity index is 1.35. The van der Waals surface area contributed by atoms with Crippen LogP contribution in [0.25, 0.3) is 5.57 Å². The average Bonchev–Trinajstić information content (AvgIpc) is 3.45. The van der Waals surface area contributed by atoms with Crippen molar-refractivity contribution in [1.82, 2.24) is 10.5 Å². The van der Waals surface area contributed by atoms with Crippen LogP contribution in [-0.4, -0.2) is 11.1 Å². The number of aromatic nitrogens is 1. The van der Waals surface area contributed by atoms with Crippen LogP contribution in [0.2, 0.25) is 0 Å². The molecular formula is C18H18N2O2. The molecule has 0 radical (unpaired) electrons. The molecule has 2 aliphatic carbocycles. The lowest BCUT2D eigenvalue weighted by Crippen LogP contribution is -2.26. The van der Waals surface area contributed by atoms with Crippen LogP contribution in [0.1, 0.15) is 42.7 Å². The predicted octanol–water partition coefficient (Wildman–Crippen LogP) is 3.27. The van der Waals surface area contributed by atoms with Gasteiger partial charge in [-0.05, 0) is 30.9 Å². The minimum absolute atomic E-state index is 0.0484. The van der Waals surface area contributed by atoms with Crippen LogP contribution >= 0.6 is 0 Å². The molecule has 0 spiro atoms. The SMILES string of the molecule is CC1=C(c2ccccc2)C1C(=O)NCc1cc(C2CC2)on1. The summed E-state index contributed by atoms with van der Waals surface area (Å²) < 4.78 is 5.30. The van der Waals surface area contributed by atoms with Gasteiger partial charge in [-0.15, -0.1) is 0 Å². The molecule has 0 aliphatic heterocycles. The first kappa shape index (κ1) is 13.3. The van der Waals surface area contributed by atoms with E-state index in [1.807, 2.05) is 43.3 Å². The fraction of sp³-hybridized carbons (Fsp3) is 0.333. The summed E-state index contributed by atoms with van der Waals surface area (Å²) in [4.78, 5) is 12.3. The molecule has 22 heavy (non-hydrogen) atoms. The summed E-state index contributed by atoms with van der Waals surface area (Å²) in [5.41, 5.74) is 4.24. The van der Waals surface area contributed by atoms with Crippen LogP contribution in [0.15, 0.2) is 46.5 Å². The largest absolute Gasteiger partial charge is 0.361 e. The summed E-state index contributed by atoms with van der Waals surface area (Å²) in [6.07, 6.45) is 2.37. The van der Waals surface area contributed by atoms with Gasteiger partial charge in [-0.1, -0.05) is 41.1 Å². The topological polar surface area (TPSA) is 55.1 Å². The van der Waals surface area contributed by atoms with Gasteiger partial charge >= 0.3 is 0 Å². The molecule has 4 rings (SSSR count). The van der Waals surface area contributed by atoms with Crippen LogP contribution in [0.4, 0.5) is 0 Å². The van der Waals surface area contributed by atoms with Crippen molar-refractivity contribution in [1.29, 1.82) is 0 Å². The zero-order chi connectivity index (χ0) is 15.1. The zero-order valence-electron chi connectivity index (χ0n) is 12.5. The standard InChI is InChI=1S/C18H18N2O2/c1-11-16(13-5-3-2-4-6-13)17(11)18(21)19-10-14-9-15(22-20-14)12-7-8-12/h2-6,9,12,17H,7-8,10H2,1H3,(H,19,21). The molecule has 0 bridgehead atoms. The van der Waals surface area contributed by atoms with Crippen molar-refractivity contribution in [3.05, 3.63) is 59.0 Å². The molecule has 0 saturated heterocycles. The van der Waals surface area contributed by atoms with E-state index in [9.17, 15) is 4.79 Å². The second-order valence-corrected chi connectivity index (χ2v) is 6.11. The lowest BCUT2D eigenvalue weighted by atomic mass is 10.1. The third-order valence-electron chi connectivity index (χ3n) is 4.41. The first-order valence-electron chi connectivity index (χ1n) is 7.73. The highest BCUT2D eigenvalue weighted by Crippen LogP contribution is 2.46. The quantitative estimate of drug-likeness (QED) is 0.920. The van der Waals surface area contributed by atoms with Gasteiger partial charge in [0, 0.05) is 12.0 Å². The number of carbonyl (C=O) groups is 1. The number of hydrogen-bond donors (Lipinski definition) is 1. The molecule has 112 valence electrons. The van der Waals surface area contributed by atoms with E-state index in [-0.39, 0.29) is 11.8 Å². The summed E-state index contributed by atoms with van der Waals surface area (Å²) in [7, 11) is 0. The number of amides is 1. The molecular weight excluding hydrogens is 276 g/mol. The molecule has 1 amide bonds. The van der Waals surface area contributed by atoms with Crippen molar-refractivity contribution in [2.75, 3.05) is 0 Å². The highest BCUT2D eigenvalue weighted by molar-refractivity contribution is 6.05. The molecule has 1 heterocycles. The Labute approximate surface area is 129 Å². The number of hydrogen-bond acceptors (Lipinski definition) is 3. The van der Waals surface area contributed by atoms with E-state index in [0.29, 0.717) is 12.5 Å². The molecule has 2 aliphatic rings. The minimum atomic E-state index is -0.0859. The number of nitrogens with zero attached hydrogens (tertiary/aromatic N) is 1. The van der Waals surface area contributed by atoms with Crippen LogP contribution in [0, 0.1) is 5.92 Å². The third-order valence-corrected chi connectivity index (χ3v) is 4.41. The fourth-order valence-corrected chi connectivity index (χ4v) is 2.92. The van der Waals surface area contributed by atoms with E-state index in [1.165, 1.54) is 12.8 Å². The Morgan fingerprint density at radius 2 is 2.09 bits per heavy atom. The Hall–Kier alpha value is -2.36. The van der Waals surface area contributed by atoms with Crippen molar-refractivity contribution in [3.63, 3.8) is 0 Å². The second kappa shape index (κ2) is 5.13. The predicted molar refractivity (Wildman–Crippen MR) is 82.9 cm³/mol. The number of carbonyl (C=O) groups excluding carboxylic acids is 1. The Bertz CT molecular complexity index is 741. The van der Waals surface area contributed by atoms with Crippen molar-refractivity contribution < 1.29 is 9.32 Å². The summed E-state index contributed by atoms with van der Waals surface area (Å²) in [6.45, 7) is 2.45. The van der Waals surface area contributed by atoms with Gasteiger partial charge in [-0.2, -0.15) is 0 Å². The number of nitrogens with one attached hydrogen (secondary N) is 1. The first-order chi connectivity index (χ1) is 10.7. The van der Waals surface area contributed by atoms with Gasteiger partial charge in [0.1, 0.15) is 11.5 Å². The third kappa shape index (κ3) is 2.45. The normalized spacial score (nSPS) is 20.1. The lowest BCUT2D eigenvalue weighted by molar-refractivity contribution is -0.121. The summed E-state index contributed by atoms with van der Waals surface area (Å²) >= 11 is 0. The zero-order valence-corrected chi connectivity index (χ0v) is 12.5. The summed E-state index contributed by atoms with van der Waals surface area (Å²) in [6, 6.07) is 12.0. The Morgan fingerprint density at radius 3 is 2.82 bits per heavy atom. The molecule has 1 aromatic heterocycles. The maximum absolute atomic E-state index is 12.3. The Morgan fingerprint density at radius 1 is 1.32 bits per heavy atom. The molecule has 4 nitrogen and oxygen atoms in total. The van der Waals surface area contributed by atoms with Gasteiger partial charge in [-0.3, -0.25) is 4.79 Å². The Kier molecular flexibility index (Phi) is 3.10. The fourth-order valence-electron chi connectivity index (χ4n) is 2.92. The molecule has 1 unspecified atom stereocenters. The number of benzene rings is 1. The van der Waals surface area contributed by atoms with E-state index in [0.717, 1.165) is 28.2 Å². The summed E-state index contributed by atoms with van der Waals surface area (Å²) in [5.74, 6) is 1.47. The van der Waals surface area contributed by atoms with Gasteiger partial charge < -0.3 is 9.84 Å².